The van der Waals surface area contributed by atoms with Crippen LogP contribution in [-0.4, -0.2) is 121 Å². The maximum absolute atomic E-state index is 12.3. The van der Waals surface area contributed by atoms with Crippen LogP contribution in [-0.2, 0) is 0 Å². The molecule has 0 aromatic carbocycles. The van der Waals surface area contributed by atoms with E-state index in [0.29, 0.717) is 77.5 Å². The van der Waals surface area contributed by atoms with Crippen molar-refractivity contribution < 1.29 is 19.2 Å². The highest BCUT2D eigenvalue weighted by atomic mass is 31.2. The molecule has 4 rings (SSSR count). The topological polar surface area (TPSA) is 129 Å². The summed E-state index contributed by atoms with van der Waals surface area (Å²) >= 11 is 0. The highest BCUT2D eigenvalue weighted by molar-refractivity contribution is 7.75. The van der Waals surface area contributed by atoms with E-state index in [-0.39, 0.29) is 24.1 Å². The molecule has 13 heteroatoms. The van der Waals surface area contributed by atoms with Gasteiger partial charge in [-0.05, 0) is 0 Å². The van der Waals surface area contributed by atoms with Crippen LogP contribution < -0.4 is 21.3 Å². The number of hydrogen-bond donors (Lipinski definition) is 4. The molecule has 29 heavy (non-hydrogen) atoms. The van der Waals surface area contributed by atoms with E-state index >= 15 is 0 Å². The van der Waals surface area contributed by atoms with Gasteiger partial charge in [0.25, 0.3) is 0 Å². The molecule has 0 aromatic heterocycles. The first-order chi connectivity index (χ1) is 14.0. The molecule has 4 fully saturated rings. The van der Waals surface area contributed by atoms with E-state index in [2.05, 4.69) is 21.3 Å². The lowest BCUT2D eigenvalue weighted by molar-refractivity contribution is 0.218. The van der Waals surface area contributed by atoms with Crippen LogP contribution in [0, 0.1) is 0 Å². The number of nitrogens with zero attached hydrogens (tertiary/aromatic N) is 4. The Labute approximate surface area is 169 Å². The van der Waals surface area contributed by atoms with Crippen molar-refractivity contribution in [2.45, 2.75) is 0 Å². The number of rotatable bonds is 8. The molecule has 0 unspecified atom stereocenters. The van der Waals surface area contributed by atoms with Gasteiger partial charge < -0.3 is 21.3 Å². The Morgan fingerprint density at radius 2 is 0.759 bits per heavy atom. The van der Waals surface area contributed by atoms with Crippen LogP contribution in [0.25, 0.3) is 0 Å². The molecular formula is C16H28N8O4P+. The summed E-state index contributed by atoms with van der Waals surface area (Å²) in [7, 11) is -2.18. The smallest absolute Gasteiger partial charge is 0.320 e. The molecule has 0 aromatic rings. The van der Waals surface area contributed by atoms with Gasteiger partial charge in [0.1, 0.15) is 25.1 Å². The van der Waals surface area contributed by atoms with Gasteiger partial charge in [0.2, 0.25) is 0 Å². The van der Waals surface area contributed by atoms with Crippen molar-refractivity contribution in [2.75, 3.05) is 77.5 Å². The number of urea groups is 4. The van der Waals surface area contributed by atoms with Crippen molar-refractivity contribution in [1.29, 1.82) is 0 Å². The normalized spacial score (nSPS) is 22.3. The highest BCUT2D eigenvalue weighted by Gasteiger charge is 2.50. The molecule has 4 heterocycles. The fourth-order valence-corrected chi connectivity index (χ4v) is 8.81. The number of amides is 8. The van der Waals surface area contributed by atoms with Gasteiger partial charge in [-0.3, -0.25) is 19.6 Å². The van der Waals surface area contributed by atoms with E-state index in [0.717, 1.165) is 0 Å². The number of carbonyl (C=O) groups is 4. The first-order valence-corrected chi connectivity index (χ1v) is 12.4. The van der Waals surface area contributed by atoms with Crippen LogP contribution in [0.15, 0.2) is 0 Å². The van der Waals surface area contributed by atoms with E-state index in [1.54, 1.807) is 19.6 Å². The summed E-state index contributed by atoms with van der Waals surface area (Å²) in [4.78, 5) is 56.3. The van der Waals surface area contributed by atoms with Gasteiger partial charge in [-0.15, -0.1) is 0 Å². The molecule has 0 atom stereocenters. The van der Waals surface area contributed by atoms with Gasteiger partial charge in [-0.2, -0.15) is 0 Å². The number of carbonyl (C=O) groups excluding carboxylic acids is 4. The van der Waals surface area contributed by atoms with E-state index in [1.807, 2.05) is 0 Å². The Morgan fingerprint density at radius 1 is 0.517 bits per heavy atom. The van der Waals surface area contributed by atoms with Gasteiger partial charge in [0, 0.05) is 52.4 Å². The van der Waals surface area contributed by atoms with E-state index in [9.17, 15) is 19.2 Å². The zero-order chi connectivity index (χ0) is 20.4. The van der Waals surface area contributed by atoms with Gasteiger partial charge in [-0.1, -0.05) is 0 Å². The van der Waals surface area contributed by atoms with Crippen molar-refractivity contribution in [1.82, 2.24) is 40.9 Å². The predicted molar refractivity (Wildman–Crippen MR) is 107 cm³/mol. The largest absolute Gasteiger partial charge is 0.336 e. The van der Waals surface area contributed by atoms with Crippen LogP contribution in [0.5, 0.6) is 0 Å². The van der Waals surface area contributed by atoms with Crippen LogP contribution >= 0.6 is 7.26 Å². The van der Waals surface area contributed by atoms with Crippen LogP contribution in [0.1, 0.15) is 0 Å². The summed E-state index contributed by atoms with van der Waals surface area (Å²) < 4.78 is 0. The average Bonchev–Trinajstić information content (AvgIpc) is 3.45. The Balaban J connectivity index is 1.62. The van der Waals surface area contributed by atoms with Gasteiger partial charge >= 0.3 is 24.1 Å². The lowest BCUT2D eigenvalue weighted by atomic mass is 10.6. The quantitative estimate of drug-likeness (QED) is 0.368. The molecule has 0 spiro atoms. The minimum Gasteiger partial charge on any atom is -0.336 e. The molecule has 0 bridgehead atoms. The molecule has 160 valence electrons. The highest BCUT2D eigenvalue weighted by Crippen LogP contribution is 2.61. The van der Waals surface area contributed by atoms with Crippen LogP contribution in [0.2, 0.25) is 0 Å². The molecule has 0 aliphatic carbocycles. The Bertz CT molecular complexity index is 589. The third kappa shape index (κ3) is 4.26. The van der Waals surface area contributed by atoms with Crippen molar-refractivity contribution >= 4 is 31.4 Å². The lowest BCUT2D eigenvalue weighted by Gasteiger charge is -2.37. The van der Waals surface area contributed by atoms with Gasteiger partial charge in [0.15, 0.2) is 0 Å². The van der Waals surface area contributed by atoms with E-state index < -0.39 is 7.26 Å². The second-order valence-corrected chi connectivity index (χ2v) is 11.7. The number of hydrogen-bond acceptors (Lipinski definition) is 4. The molecule has 12 nitrogen and oxygen atoms in total. The summed E-state index contributed by atoms with van der Waals surface area (Å²) in [5.41, 5.74) is 0. The Kier molecular flexibility index (Phi) is 5.53. The molecule has 4 saturated heterocycles. The third-order valence-corrected chi connectivity index (χ3v) is 9.43. The Morgan fingerprint density at radius 3 is 0.931 bits per heavy atom. The van der Waals surface area contributed by atoms with Crippen molar-refractivity contribution in [3.05, 3.63) is 0 Å². The fourth-order valence-electron chi connectivity index (χ4n) is 4.30. The summed E-state index contributed by atoms with van der Waals surface area (Å²) in [6.07, 6.45) is 1.87. The molecule has 4 aliphatic rings. The summed E-state index contributed by atoms with van der Waals surface area (Å²) in [5.74, 6) is 0. The average molecular weight is 427 g/mol. The summed E-state index contributed by atoms with van der Waals surface area (Å²) in [5, 5.41) is 11.3. The molecule has 4 aliphatic heterocycles. The SMILES string of the molecule is O=C1NCCN1C[P+](CN1CCNC1=O)(CN1CCNC1=O)CN1CCNC1=O. The van der Waals surface area contributed by atoms with Crippen LogP contribution in [0.3, 0.4) is 0 Å². The van der Waals surface area contributed by atoms with Crippen molar-refractivity contribution in [3.8, 4) is 0 Å². The maximum atomic E-state index is 12.3. The standard InChI is InChI=1S/C16H27N8O4P/c25-13-17-1-5-21(13)9-29(10-22-6-2-18-14(22)26,11-23-7-3-19-15(23)27)12-24-8-4-20-16(24)28/h1-12H2,(H3-,17,18,19,20,25,26,27,28)/p+1. The first kappa shape index (κ1) is 19.8. The maximum Gasteiger partial charge on any atom is 0.320 e. The van der Waals surface area contributed by atoms with E-state index in [4.69, 9.17) is 0 Å². The second-order valence-electron chi connectivity index (χ2n) is 7.89. The van der Waals surface area contributed by atoms with Gasteiger partial charge in [0.05, 0.1) is 7.26 Å². The fraction of sp³-hybridized carbons (Fsp3) is 0.750. The monoisotopic (exact) mass is 427 g/mol. The van der Waals surface area contributed by atoms with Crippen LogP contribution in [0.4, 0.5) is 19.2 Å². The molecular weight excluding hydrogens is 399 g/mol. The zero-order valence-electron chi connectivity index (χ0n) is 16.4. The molecule has 4 N–H and O–H groups in total. The second kappa shape index (κ2) is 8.10. The minimum absolute atomic E-state index is 0.128. The molecule has 0 radical (unpaired) electrons. The lowest BCUT2D eigenvalue weighted by Crippen LogP contribution is -2.44. The summed E-state index contributed by atoms with van der Waals surface area (Å²) in [6, 6.07) is -0.511. The minimum atomic E-state index is -2.18. The predicted octanol–water partition coefficient (Wildman–Crippen LogP) is -1.07. The van der Waals surface area contributed by atoms with Crippen molar-refractivity contribution in [3.63, 3.8) is 0 Å². The number of nitrogens with one attached hydrogen (secondary N) is 4. The van der Waals surface area contributed by atoms with E-state index in [1.165, 1.54) is 0 Å². The summed E-state index contributed by atoms with van der Waals surface area (Å²) in [6.45, 7) is 4.68. The first-order valence-electron chi connectivity index (χ1n) is 9.92. The Hall–Kier alpha value is -2.49. The zero-order valence-corrected chi connectivity index (χ0v) is 17.2. The third-order valence-electron chi connectivity index (χ3n) is 5.66. The van der Waals surface area contributed by atoms with Gasteiger partial charge in [-0.25, -0.2) is 19.2 Å². The molecule has 8 amide bonds. The van der Waals surface area contributed by atoms with Crippen molar-refractivity contribution in [2.24, 2.45) is 0 Å². The molecule has 0 saturated carbocycles.